The fraction of sp³-hybridized carbons (Fsp3) is 0.308. The van der Waals surface area contributed by atoms with Crippen molar-refractivity contribution in [1.82, 2.24) is 10.3 Å². The zero-order valence-electron chi connectivity index (χ0n) is 11.6. The number of hydrogen-bond acceptors (Lipinski definition) is 5. The first-order valence-electron chi connectivity index (χ1n) is 6.32. The Bertz CT molecular complexity index is 700. The highest BCUT2D eigenvalue weighted by Crippen LogP contribution is 2.22. The molecule has 0 aliphatic rings. The number of anilines is 1. The van der Waals surface area contributed by atoms with Crippen LogP contribution in [-0.2, 0) is 16.6 Å². The fourth-order valence-corrected chi connectivity index (χ4v) is 3.72. The average molecular weight is 329 g/mol. The summed E-state index contributed by atoms with van der Waals surface area (Å²) in [6, 6.07) is 3.94. The largest absolute Gasteiger partial charge is 0.310 e. The third-order valence-corrected chi connectivity index (χ3v) is 4.91. The molecular weight excluding hydrogens is 313 g/mol. The lowest BCUT2D eigenvalue weighted by Gasteiger charge is -2.13. The summed E-state index contributed by atoms with van der Waals surface area (Å²) < 4.78 is 40.5. The molecule has 1 aromatic carbocycles. The van der Waals surface area contributed by atoms with Crippen LogP contribution in [0.1, 0.15) is 19.4 Å². The fourth-order valence-electron chi connectivity index (χ4n) is 1.68. The van der Waals surface area contributed by atoms with Gasteiger partial charge in [0, 0.05) is 24.2 Å². The van der Waals surface area contributed by atoms with Crippen molar-refractivity contribution in [1.29, 1.82) is 0 Å². The number of rotatable bonds is 6. The monoisotopic (exact) mass is 329 g/mol. The summed E-state index contributed by atoms with van der Waals surface area (Å²) in [6.45, 7) is 4.24. The standard InChI is InChI=1S/C13H16FN3O2S2/c1-9(2)16-8-10-3-4-11(14)7-12(10)21(18,19)17-13-15-5-6-20-13/h3-7,9,16H,8H2,1-2H3,(H,15,17). The Morgan fingerprint density at radius 1 is 1.38 bits per heavy atom. The van der Waals surface area contributed by atoms with E-state index in [1.807, 2.05) is 13.8 Å². The summed E-state index contributed by atoms with van der Waals surface area (Å²) in [5.74, 6) is -0.595. The van der Waals surface area contributed by atoms with Crippen LogP contribution in [0.5, 0.6) is 0 Å². The molecule has 0 radical (unpaired) electrons. The van der Waals surface area contributed by atoms with Crippen molar-refractivity contribution in [3.05, 3.63) is 41.2 Å². The van der Waals surface area contributed by atoms with Crippen molar-refractivity contribution in [2.75, 3.05) is 4.72 Å². The third-order valence-electron chi connectivity index (χ3n) is 2.67. The minimum absolute atomic E-state index is 0.0779. The maximum Gasteiger partial charge on any atom is 0.264 e. The number of halogens is 1. The van der Waals surface area contributed by atoms with Crippen LogP contribution in [-0.4, -0.2) is 19.4 Å². The lowest BCUT2D eigenvalue weighted by atomic mass is 10.2. The van der Waals surface area contributed by atoms with Crippen LogP contribution in [0.4, 0.5) is 9.52 Å². The molecule has 0 saturated carbocycles. The molecule has 2 rings (SSSR count). The van der Waals surface area contributed by atoms with Crippen LogP contribution < -0.4 is 10.0 Å². The molecule has 8 heteroatoms. The normalized spacial score (nSPS) is 11.8. The lowest BCUT2D eigenvalue weighted by molar-refractivity contribution is 0.570. The Morgan fingerprint density at radius 3 is 2.76 bits per heavy atom. The van der Waals surface area contributed by atoms with Gasteiger partial charge >= 0.3 is 0 Å². The van der Waals surface area contributed by atoms with E-state index >= 15 is 0 Å². The van der Waals surface area contributed by atoms with Crippen LogP contribution in [0.3, 0.4) is 0 Å². The Kier molecular flexibility index (Phi) is 4.92. The van der Waals surface area contributed by atoms with Crippen molar-refractivity contribution in [3.63, 3.8) is 0 Å². The minimum atomic E-state index is -3.87. The van der Waals surface area contributed by atoms with E-state index in [-0.39, 0.29) is 16.1 Å². The zero-order chi connectivity index (χ0) is 15.5. The van der Waals surface area contributed by atoms with Crippen molar-refractivity contribution in [2.45, 2.75) is 31.3 Å². The predicted octanol–water partition coefficient (Wildman–Crippen LogP) is 2.58. The Labute approximate surface area is 127 Å². The van der Waals surface area contributed by atoms with E-state index < -0.39 is 15.8 Å². The maximum atomic E-state index is 13.4. The number of nitrogens with zero attached hydrogens (tertiary/aromatic N) is 1. The lowest BCUT2D eigenvalue weighted by Crippen LogP contribution is -2.24. The molecule has 0 amide bonds. The molecule has 0 unspecified atom stereocenters. The highest BCUT2D eigenvalue weighted by molar-refractivity contribution is 7.93. The summed E-state index contributed by atoms with van der Waals surface area (Å²) in [6.07, 6.45) is 1.50. The van der Waals surface area contributed by atoms with Gasteiger partial charge in [0.05, 0.1) is 4.90 Å². The SMILES string of the molecule is CC(C)NCc1ccc(F)cc1S(=O)(=O)Nc1nccs1. The molecule has 2 N–H and O–H groups in total. The first-order valence-corrected chi connectivity index (χ1v) is 8.69. The molecule has 1 aromatic heterocycles. The van der Waals surface area contributed by atoms with E-state index in [1.54, 1.807) is 5.38 Å². The molecule has 0 fully saturated rings. The van der Waals surface area contributed by atoms with Crippen molar-refractivity contribution < 1.29 is 12.8 Å². The van der Waals surface area contributed by atoms with Gasteiger partial charge in [0.25, 0.3) is 10.0 Å². The van der Waals surface area contributed by atoms with Gasteiger partial charge in [-0.2, -0.15) is 0 Å². The van der Waals surface area contributed by atoms with Gasteiger partial charge in [0.1, 0.15) is 5.82 Å². The van der Waals surface area contributed by atoms with Crippen molar-refractivity contribution in [2.24, 2.45) is 0 Å². The smallest absolute Gasteiger partial charge is 0.264 e. The molecule has 21 heavy (non-hydrogen) atoms. The Balaban J connectivity index is 2.34. The molecule has 0 aliphatic carbocycles. The second-order valence-electron chi connectivity index (χ2n) is 4.73. The molecular formula is C13H16FN3O2S2. The molecule has 0 spiro atoms. The van der Waals surface area contributed by atoms with Gasteiger partial charge in [-0.1, -0.05) is 19.9 Å². The first kappa shape index (κ1) is 15.9. The van der Waals surface area contributed by atoms with Gasteiger partial charge in [-0.3, -0.25) is 4.72 Å². The number of aromatic nitrogens is 1. The van der Waals surface area contributed by atoms with E-state index in [1.165, 1.54) is 18.3 Å². The first-order chi connectivity index (χ1) is 9.88. The summed E-state index contributed by atoms with van der Waals surface area (Å²) in [5.41, 5.74) is 0.508. The third kappa shape index (κ3) is 4.23. The number of hydrogen-bond donors (Lipinski definition) is 2. The average Bonchev–Trinajstić information content (AvgIpc) is 2.89. The molecule has 5 nitrogen and oxygen atoms in total. The molecule has 2 aromatic rings. The second kappa shape index (κ2) is 6.50. The van der Waals surface area contributed by atoms with Gasteiger partial charge in [-0.25, -0.2) is 17.8 Å². The van der Waals surface area contributed by atoms with Gasteiger partial charge in [0.2, 0.25) is 0 Å². The van der Waals surface area contributed by atoms with E-state index in [0.29, 0.717) is 12.1 Å². The highest BCUT2D eigenvalue weighted by atomic mass is 32.2. The minimum Gasteiger partial charge on any atom is -0.310 e. The zero-order valence-corrected chi connectivity index (χ0v) is 13.3. The number of thiazole rings is 1. The van der Waals surface area contributed by atoms with Crippen LogP contribution >= 0.6 is 11.3 Å². The summed E-state index contributed by atoms with van der Waals surface area (Å²) >= 11 is 1.16. The summed E-state index contributed by atoms with van der Waals surface area (Å²) in [4.78, 5) is 3.79. The second-order valence-corrected chi connectivity index (χ2v) is 7.28. The molecule has 1 heterocycles. The molecule has 0 saturated heterocycles. The summed E-state index contributed by atoms with van der Waals surface area (Å²) in [5, 5.41) is 5.03. The van der Waals surface area contributed by atoms with Crippen molar-refractivity contribution >= 4 is 26.5 Å². The van der Waals surface area contributed by atoms with E-state index in [0.717, 1.165) is 17.4 Å². The number of sulfonamides is 1. The molecule has 0 bridgehead atoms. The van der Waals surface area contributed by atoms with Crippen molar-refractivity contribution in [3.8, 4) is 0 Å². The van der Waals surface area contributed by atoms with Gasteiger partial charge < -0.3 is 5.32 Å². The summed E-state index contributed by atoms with van der Waals surface area (Å²) in [7, 11) is -3.87. The predicted molar refractivity (Wildman–Crippen MR) is 81.3 cm³/mol. The quantitative estimate of drug-likeness (QED) is 0.854. The van der Waals surface area contributed by atoms with Crippen LogP contribution in [0.25, 0.3) is 0 Å². The van der Waals surface area contributed by atoms with E-state index in [2.05, 4.69) is 15.0 Å². The number of benzene rings is 1. The topological polar surface area (TPSA) is 71.1 Å². The maximum absolute atomic E-state index is 13.4. The molecule has 114 valence electrons. The van der Waals surface area contributed by atoms with Gasteiger partial charge in [0.15, 0.2) is 5.13 Å². The van der Waals surface area contributed by atoms with Crippen LogP contribution in [0.2, 0.25) is 0 Å². The number of nitrogens with one attached hydrogen (secondary N) is 2. The molecule has 0 aliphatic heterocycles. The van der Waals surface area contributed by atoms with E-state index in [9.17, 15) is 12.8 Å². The highest BCUT2D eigenvalue weighted by Gasteiger charge is 2.20. The molecule has 0 atom stereocenters. The van der Waals surface area contributed by atoms with E-state index in [4.69, 9.17) is 0 Å². The Hall–Kier alpha value is -1.51. The Morgan fingerprint density at radius 2 is 2.14 bits per heavy atom. The van der Waals surface area contributed by atoms with Crippen LogP contribution in [0.15, 0.2) is 34.7 Å². The van der Waals surface area contributed by atoms with Crippen LogP contribution in [0, 0.1) is 5.82 Å². The van der Waals surface area contributed by atoms with Gasteiger partial charge in [-0.05, 0) is 17.7 Å². The van der Waals surface area contributed by atoms with Gasteiger partial charge in [-0.15, -0.1) is 11.3 Å².